The number of rotatable bonds is 10. The third kappa shape index (κ3) is 4.87. The van der Waals surface area contributed by atoms with E-state index in [2.05, 4.69) is 0 Å². The zero-order valence-electron chi connectivity index (χ0n) is 13.4. The van der Waals surface area contributed by atoms with Crippen LogP contribution in [0.25, 0.3) is 0 Å². The highest BCUT2D eigenvalue weighted by Gasteiger charge is 2.90. The van der Waals surface area contributed by atoms with Crippen LogP contribution in [0.1, 0.15) is 39.0 Å². The van der Waals surface area contributed by atoms with Crippen LogP contribution in [-0.4, -0.2) is 39.7 Å². The smallest absolute Gasteiger partial charge is 0.200 e. The average Bonchev–Trinajstić information content (AvgIpc) is 2.44. The van der Waals surface area contributed by atoms with Crippen LogP contribution in [0, 0.1) is 0 Å². The van der Waals surface area contributed by atoms with Crippen molar-refractivity contribution in [1.82, 2.24) is 0 Å². The van der Waals surface area contributed by atoms with Crippen molar-refractivity contribution in [2.24, 2.45) is 0 Å². The van der Waals surface area contributed by atoms with Gasteiger partial charge < -0.3 is 0 Å². The van der Waals surface area contributed by atoms with Gasteiger partial charge >= 0.3 is 35.8 Å². The lowest BCUT2D eigenvalue weighted by molar-refractivity contribution is -0.440. The largest absolute Gasteiger partial charge is 0.460 e. The van der Waals surface area contributed by atoms with Gasteiger partial charge in [-0.05, 0) is 6.42 Å². The summed E-state index contributed by atoms with van der Waals surface area (Å²) in [4.78, 5) is 0. The Hall–Kier alpha value is -0.180. The monoisotopic (exact) mass is 544 g/mol. The quantitative estimate of drug-likeness (QED) is 0.116. The van der Waals surface area contributed by atoms with Gasteiger partial charge in [0.05, 0.1) is 0 Å². The minimum absolute atomic E-state index is 0.199. The van der Waals surface area contributed by atoms with Gasteiger partial charge in [-0.3, -0.25) is 0 Å². The minimum Gasteiger partial charge on any atom is -0.200 e. The summed E-state index contributed by atoms with van der Waals surface area (Å²) in [6.45, 7) is 1.69. The van der Waals surface area contributed by atoms with Gasteiger partial charge in [-0.2, -0.15) is 57.1 Å². The molecule has 0 aromatic heterocycles. The second-order valence-electron chi connectivity index (χ2n) is 5.80. The lowest BCUT2D eigenvalue weighted by Crippen LogP contribution is -2.70. The van der Waals surface area contributed by atoms with E-state index in [0.717, 1.165) is 22.6 Å². The Bertz CT molecular complexity index is 483. The first-order valence-electron chi connectivity index (χ1n) is 7.30. The highest BCUT2D eigenvalue weighted by atomic mass is 127. The Labute approximate surface area is 159 Å². The molecule has 0 rings (SSSR count). The first-order chi connectivity index (χ1) is 11.7. The summed E-state index contributed by atoms with van der Waals surface area (Å²) >= 11 is 1.15. The molecule has 0 N–H and O–H groups in total. The summed E-state index contributed by atoms with van der Waals surface area (Å²) < 4.78 is 166. The molecule has 0 spiro atoms. The summed E-state index contributed by atoms with van der Waals surface area (Å²) in [6.07, 6.45) is -8.48. The molecule has 0 nitrogen and oxygen atoms in total. The zero-order chi connectivity index (χ0) is 22.1. The van der Waals surface area contributed by atoms with Crippen LogP contribution in [-0.2, 0) is 0 Å². The molecule has 0 saturated heterocycles. The molecular formula is C13H14F13I. The molecule has 1 atom stereocenters. The van der Waals surface area contributed by atoms with E-state index in [1.807, 2.05) is 0 Å². The Morgan fingerprint density at radius 1 is 0.630 bits per heavy atom. The predicted molar refractivity (Wildman–Crippen MR) is 77.4 cm³/mol. The molecule has 0 aliphatic rings. The maximum absolute atomic E-state index is 13.6. The number of unbranched alkanes of at least 4 members (excludes halogenated alkanes) is 2. The van der Waals surface area contributed by atoms with Crippen molar-refractivity contribution >= 4 is 22.6 Å². The van der Waals surface area contributed by atoms with Crippen LogP contribution in [0.5, 0.6) is 0 Å². The van der Waals surface area contributed by atoms with Crippen molar-refractivity contribution in [3.8, 4) is 0 Å². The van der Waals surface area contributed by atoms with E-state index in [-0.39, 0.29) is 12.8 Å². The second kappa shape index (κ2) is 8.28. The van der Waals surface area contributed by atoms with Gasteiger partial charge in [0.25, 0.3) is 0 Å². The van der Waals surface area contributed by atoms with Gasteiger partial charge in [-0.1, -0.05) is 48.8 Å². The van der Waals surface area contributed by atoms with E-state index in [1.54, 1.807) is 6.92 Å². The van der Waals surface area contributed by atoms with E-state index in [9.17, 15) is 57.1 Å². The second-order valence-corrected chi connectivity index (χ2v) is 7.56. The zero-order valence-corrected chi connectivity index (χ0v) is 15.6. The van der Waals surface area contributed by atoms with Crippen molar-refractivity contribution < 1.29 is 57.1 Å². The molecule has 164 valence electrons. The molecule has 27 heavy (non-hydrogen) atoms. The fourth-order valence-corrected chi connectivity index (χ4v) is 2.92. The fraction of sp³-hybridized carbons (Fsp3) is 1.00. The summed E-state index contributed by atoms with van der Waals surface area (Å²) in [6, 6.07) is 0. The Morgan fingerprint density at radius 2 is 1.04 bits per heavy atom. The highest BCUT2D eigenvalue weighted by Crippen LogP contribution is 2.61. The number of alkyl halides is 14. The van der Waals surface area contributed by atoms with Crippen LogP contribution in [0.4, 0.5) is 57.1 Å². The molecular weight excluding hydrogens is 530 g/mol. The van der Waals surface area contributed by atoms with Crippen LogP contribution in [0.2, 0.25) is 0 Å². The van der Waals surface area contributed by atoms with Crippen molar-refractivity contribution in [3.05, 3.63) is 0 Å². The van der Waals surface area contributed by atoms with E-state index >= 15 is 0 Å². The molecule has 0 radical (unpaired) electrons. The normalized spacial score (nSPS) is 16.6. The summed E-state index contributed by atoms with van der Waals surface area (Å²) in [7, 11) is 0. The maximum Gasteiger partial charge on any atom is 0.460 e. The van der Waals surface area contributed by atoms with Crippen LogP contribution in [0.3, 0.4) is 0 Å². The predicted octanol–water partition coefficient (Wildman–Crippen LogP) is 7.50. The van der Waals surface area contributed by atoms with Crippen LogP contribution in [0.15, 0.2) is 0 Å². The minimum atomic E-state index is -7.83. The van der Waals surface area contributed by atoms with Crippen molar-refractivity contribution in [2.75, 3.05) is 0 Å². The summed E-state index contributed by atoms with van der Waals surface area (Å²) in [5.41, 5.74) is 0. The van der Waals surface area contributed by atoms with E-state index < -0.39 is 46.1 Å². The third-order valence-corrected chi connectivity index (χ3v) is 4.66. The molecule has 0 saturated carbocycles. The van der Waals surface area contributed by atoms with Crippen molar-refractivity contribution in [1.29, 1.82) is 0 Å². The third-order valence-electron chi connectivity index (χ3n) is 3.60. The summed E-state index contributed by atoms with van der Waals surface area (Å²) in [5, 5.41) is 0. The first kappa shape index (κ1) is 26.8. The standard InChI is InChI=1S/C13H14F13I/c1-2-3-4-5-7(27)6-8(14,15)9(16,17)10(18,19)11(20,21)12(22,23)13(24,25)26/h7H,2-6H2,1H3. The van der Waals surface area contributed by atoms with Crippen LogP contribution >= 0.6 is 22.6 Å². The average molecular weight is 544 g/mol. The molecule has 0 heterocycles. The van der Waals surface area contributed by atoms with Crippen molar-refractivity contribution in [3.63, 3.8) is 0 Å². The molecule has 0 aliphatic carbocycles. The molecule has 0 bridgehead atoms. The SMILES string of the molecule is CCCCCC(I)CC(F)(F)C(F)(F)C(F)(F)C(F)(F)C(F)(F)C(F)(F)F. The molecule has 0 amide bonds. The van der Waals surface area contributed by atoms with Gasteiger partial charge in [-0.15, -0.1) is 0 Å². The Kier molecular flexibility index (Phi) is 8.23. The van der Waals surface area contributed by atoms with Crippen LogP contribution < -0.4 is 0 Å². The molecule has 0 aromatic carbocycles. The molecule has 14 heteroatoms. The van der Waals surface area contributed by atoms with Crippen molar-refractivity contribution in [2.45, 2.75) is 78.7 Å². The Balaban J connectivity index is 5.80. The van der Waals surface area contributed by atoms with E-state index in [0.29, 0.717) is 12.8 Å². The number of hydrogen-bond acceptors (Lipinski definition) is 0. The molecule has 1 unspecified atom stereocenters. The summed E-state index contributed by atoms with van der Waals surface area (Å²) in [5.74, 6) is -36.3. The molecule has 0 aromatic rings. The first-order valence-corrected chi connectivity index (χ1v) is 8.55. The number of halogens is 14. The van der Waals surface area contributed by atoms with E-state index in [4.69, 9.17) is 0 Å². The molecule has 0 aliphatic heterocycles. The Morgan fingerprint density at radius 3 is 1.41 bits per heavy atom. The topological polar surface area (TPSA) is 0 Å². The van der Waals surface area contributed by atoms with E-state index in [1.165, 1.54) is 0 Å². The lowest BCUT2D eigenvalue weighted by Gasteiger charge is -2.40. The van der Waals surface area contributed by atoms with Gasteiger partial charge in [0, 0.05) is 10.3 Å². The van der Waals surface area contributed by atoms with Gasteiger partial charge in [0.2, 0.25) is 0 Å². The fourth-order valence-electron chi connectivity index (χ4n) is 1.93. The maximum atomic E-state index is 13.6. The lowest BCUT2D eigenvalue weighted by atomic mass is 9.91. The van der Waals surface area contributed by atoms with Gasteiger partial charge in [0.15, 0.2) is 0 Å². The number of hydrogen-bond donors (Lipinski definition) is 0. The van der Waals surface area contributed by atoms with Gasteiger partial charge in [0.1, 0.15) is 0 Å². The molecule has 0 fully saturated rings. The van der Waals surface area contributed by atoms with Gasteiger partial charge in [-0.25, -0.2) is 0 Å². The highest BCUT2D eigenvalue weighted by molar-refractivity contribution is 14.1.